The van der Waals surface area contributed by atoms with Crippen molar-refractivity contribution in [3.05, 3.63) is 71.3 Å². The lowest BCUT2D eigenvalue weighted by Crippen LogP contribution is -2.10. The van der Waals surface area contributed by atoms with Crippen LogP contribution in [0.2, 0.25) is 0 Å². The van der Waals surface area contributed by atoms with E-state index in [2.05, 4.69) is 57.2 Å². The van der Waals surface area contributed by atoms with Gasteiger partial charge in [-0.05, 0) is 35.4 Å². The van der Waals surface area contributed by atoms with Crippen molar-refractivity contribution in [3.63, 3.8) is 0 Å². The van der Waals surface area contributed by atoms with E-state index >= 15 is 0 Å². The number of aliphatic hydroxyl groups excluding tert-OH is 1. The van der Waals surface area contributed by atoms with E-state index in [0.717, 1.165) is 18.4 Å². The van der Waals surface area contributed by atoms with E-state index in [-0.39, 0.29) is 5.92 Å². The van der Waals surface area contributed by atoms with E-state index in [1.807, 2.05) is 18.2 Å². The third-order valence-electron chi connectivity index (χ3n) is 4.51. The molecule has 2 aromatic carbocycles. The molecule has 0 heterocycles. The van der Waals surface area contributed by atoms with Crippen molar-refractivity contribution in [2.45, 2.75) is 51.6 Å². The van der Waals surface area contributed by atoms with Gasteiger partial charge in [0.1, 0.15) is 0 Å². The summed E-state index contributed by atoms with van der Waals surface area (Å²) in [7, 11) is 0. The molecule has 2 rings (SSSR count). The van der Waals surface area contributed by atoms with Gasteiger partial charge < -0.3 is 5.11 Å². The third kappa shape index (κ3) is 3.74. The van der Waals surface area contributed by atoms with Gasteiger partial charge in [-0.15, -0.1) is 0 Å². The minimum Gasteiger partial charge on any atom is -0.388 e. The van der Waals surface area contributed by atoms with E-state index in [1.165, 1.54) is 11.1 Å². The van der Waals surface area contributed by atoms with Crippen molar-refractivity contribution in [3.8, 4) is 0 Å². The largest absolute Gasteiger partial charge is 0.388 e. The zero-order valence-electron chi connectivity index (χ0n) is 13.3. The fourth-order valence-corrected chi connectivity index (χ4v) is 2.83. The third-order valence-corrected chi connectivity index (χ3v) is 4.51. The molecule has 3 unspecified atom stereocenters. The molecular weight excluding hydrogens is 256 g/mol. The smallest absolute Gasteiger partial charge is 0.0858 e. The predicted molar refractivity (Wildman–Crippen MR) is 89.6 cm³/mol. The van der Waals surface area contributed by atoms with Crippen LogP contribution in [0.3, 0.4) is 0 Å². The molecule has 0 spiro atoms. The molecular formula is C20H26O. The molecule has 0 saturated carbocycles. The summed E-state index contributed by atoms with van der Waals surface area (Å²) in [5.41, 5.74) is 3.57. The summed E-state index contributed by atoms with van der Waals surface area (Å²) < 4.78 is 0. The monoisotopic (exact) mass is 282 g/mol. The topological polar surface area (TPSA) is 20.2 Å². The molecule has 0 fully saturated rings. The maximum absolute atomic E-state index is 10.7. The molecule has 3 atom stereocenters. The van der Waals surface area contributed by atoms with Crippen LogP contribution in [0.5, 0.6) is 0 Å². The van der Waals surface area contributed by atoms with Gasteiger partial charge in [0, 0.05) is 5.92 Å². The quantitative estimate of drug-likeness (QED) is 0.749. The Balaban J connectivity index is 2.20. The first-order chi connectivity index (χ1) is 10.2. The second-order valence-electron chi connectivity index (χ2n) is 5.85. The van der Waals surface area contributed by atoms with Gasteiger partial charge in [0.25, 0.3) is 0 Å². The summed E-state index contributed by atoms with van der Waals surface area (Å²) in [6.45, 7) is 6.58. The highest BCUT2D eigenvalue weighted by Gasteiger charge is 2.21. The van der Waals surface area contributed by atoms with Gasteiger partial charge in [0.2, 0.25) is 0 Å². The summed E-state index contributed by atoms with van der Waals surface area (Å²) in [5.74, 6) is 0.730. The highest BCUT2D eigenvalue weighted by atomic mass is 16.3. The van der Waals surface area contributed by atoms with Gasteiger partial charge in [-0.1, -0.05) is 75.4 Å². The maximum Gasteiger partial charge on any atom is 0.0858 e. The number of aliphatic hydroxyl groups is 1. The minimum absolute atomic E-state index is 0.153. The van der Waals surface area contributed by atoms with E-state index in [1.54, 1.807) is 0 Å². The van der Waals surface area contributed by atoms with Crippen molar-refractivity contribution < 1.29 is 5.11 Å². The van der Waals surface area contributed by atoms with Crippen molar-refractivity contribution in [1.82, 2.24) is 0 Å². The zero-order valence-corrected chi connectivity index (χ0v) is 13.3. The standard InChI is InChI=1S/C20H26O/c1-4-15(3)16-11-13-18(14-12-16)20(21)19(5-2)17-9-7-6-8-10-17/h6-15,19-21H,4-5H2,1-3H3. The molecule has 0 saturated heterocycles. The van der Waals surface area contributed by atoms with E-state index in [4.69, 9.17) is 0 Å². The second kappa shape index (κ2) is 7.42. The van der Waals surface area contributed by atoms with Gasteiger partial charge in [0.15, 0.2) is 0 Å². The highest BCUT2D eigenvalue weighted by molar-refractivity contribution is 5.30. The molecule has 0 bridgehead atoms. The van der Waals surface area contributed by atoms with Crippen LogP contribution in [0.1, 0.15) is 68.2 Å². The van der Waals surface area contributed by atoms with Crippen LogP contribution in [0.25, 0.3) is 0 Å². The zero-order chi connectivity index (χ0) is 15.2. The number of hydrogen-bond donors (Lipinski definition) is 1. The molecule has 0 amide bonds. The minimum atomic E-state index is -0.441. The SMILES string of the molecule is CCC(C)c1ccc(C(O)C(CC)c2ccccc2)cc1. The molecule has 1 N–H and O–H groups in total. The average Bonchev–Trinajstić information content (AvgIpc) is 2.56. The summed E-state index contributed by atoms with van der Waals surface area (Å²) in [4.78, 5) is 0. The average molecular weight is 282 g/mol. The van der Waals surface area contributed by atoms with E-state index in [9.17, 15) is 5.11 Å². The van der Waals surface area contributed by atoms with Crippen molar-refractivity contribution in [1.29, 1.82) is 0 Å². The summed E-state index contributed by atoms with van der Waals surface area (Å²) >= 11 is 0. The molecule has 0 radical (unpaired) electrons. The summed E-state index contributed by atoms with van der Waals surface area (Å²) in [5, 5.41) is 10.7. The molecule has 0 aliphatic carbocycles. The fourth-order valence-electron chi connectivity index (χ4n) is 2.83. The predicted octanol–water partition coefficient (Wildman–Crippen LogP) is 5.43. The van der Waals surface area contributed by atoms with Crippen molar-refractivity contribution in [2.24, 2.45) is 0 Å². The first-order valence-corrected chi connectivity index (χ1v) is 8.00. The Labute approximate surface area is 128 Å². The molecule has 0 aliphatic rings. The molecule has 112 valence electrons. The first-order valence-electron chi connectivity index (χ1n) is 8.00. The Morgan fingerprint density at radius 2 is 1.33 bits per heavy atom. The number of rotatable bonds is 6. The Bertz CT molecular complexity index is 530. The fraction of sp³-hybridized carbons (Fsp3) is 0.400. The van der Waals surface area contributed by atoms with Crippen LogP contribution in [-0.4, -0.2) is 5.11 Å². The Morgan fingerprint density at radius 3 is 1.86 bits per heavy atom. The van der Waals surface area contributed by atoms with Crippen LogP contribution in [0, 0.1) is 0 Å². The number of hydrogen-bond acceptors (Lipinski definition) is 1. The molecule has 0 aromatic heterocycles. The van der Waals surface area contributed by atoms with Gasteiger partial charge in [-0.25, -0.2) is 0 Å². The normalized spacial score (nSPS) is 15.4. The maximum atomic E-state index is 10.7. The van der Waals surface area contributed by atoms with Crippen LogP contribution in [0.4, 0.5) is 0 Å². The first kappa shape index (κ1) is 15.8. The van der Waals surface area contributed by atoms with E-state index in [0.29, 0.717) is 5.92 Å². The Morgan fingerprint density at radius 1 is 0.762 bits per heavy atom. The second-order valence-corrected chi connectivity index (χ2v) is 5.85. The van der Waals surface area contributed by atoms with Gasteiger partial charge in [-0.3, -0.25) is 0 Å². The molecule has 1 nitrogen and oxygen atoms in total. The van der Waals surface area contributed by atoms with Crippen molar-refractivity contribution >= 4 is 0 Å². The highest BCUT2D eigenvalue weighted by Crippen LogP contribution is 2.34. The molecule has 0 aliphatic heterocycles. The molecule has 21 heavy (non-hydrogen) atoms. The van der Waals surface area contributed by atoms with Crippen molar-refractivity contribution in [2.75, 3.05) is 0 Å². The van der Waals surface area contributed by atoms with Gasteiger partial charge in [-0.2, -0.15) is 0 Å². The van der Waals surface area contributed by atoms with Crippen LogP contribution >= 0.6 is 0 Å². The molecule has 2 aromatic rings. The lowest BCUT2D eigenvalue weighted by Gasteiger charge is -2.23. The summed E-state index contributed by atoms with van der Waals surface area (Å²) in [6.07, 6.45) is 1.63. The Hall–Kier alpha value is -1.60. The van der Waals surface area contributed by atoms with Crippen LogP contribution in [0.15, 0.2) is 54.6 Å². The number of benzene rings is 2. The summed E-state index contributed by atoms with van der Waals surface area (Å²) in [6, 6.07) is 18.8. The van der Waals surface area contributed by atoms with Gasteiger partial charge >= 0.3 is 0 Å². The lowest BCUT2D eigenvalue weighted by molar-refractivity contribution is 0.142. The van der Waals surface area contributed by atoms with Gasteiger partial charge in [0.05, 0.1) is 6.10 Å². The Kier molecular flexibility index (Phi) is 5.58. The van der Waals surface area contributed by atoms with Crippen LogP contribution in [-0.2, 0) is 0 Å². The lowest BCUT2D eigenvalue weighted by atomic mass is 9.86. The van der Waals surface area contributed by atoms with E-state index < -0.39 is 6.10 Å². The van der Waals surface area contributed by atoms with Crippen LogP contribution < -0.4 is 0 Å². The molecule has 1 heteroatoms.